The van der Waals surface area contributed by atoms with Crippen molar-refractivity contribution in [2.24, 2.45) is 0 Å². The van der Waals surface area contributed by atoms with Crippen LogP contribution in [0.25, 0.3) is 22.3 Å². The third-order valence-corrected chi connectivity index (χ3v) is 5.11. The van der Waals surface area contributed by atoms with E-state index >= 15 is 0 Å². The lowest BCUT2D eigenvalue weighted by Crippen LogP contribution is -2.09. The Morgan fingerprint density at radius 1 is 1.14 bits per heavy atom. The standard InChI is InChI=1S/C22H18N4OS/c1-16-11-12-23-14-19(16)24-21(27)10-9-17-15-26(18-6-3-2-4-7-18)25-22(17)20-8-5-13-28-20/h2-15H,1H3,(H,24,27). The van der Waals surface area contributed by atoms with E-state index in [-0.39, 0.29) is 5.91 Å². The Labute approximate surface area is 167 Å². The van der Waals surface area contributed by atoms with Crippen LogP contribution in [0.5, 0.6) is 0 Å². The van der Waals surface area contributed by atoms with Crippen molar-refractivity contribution in [2.45, 2.75) is 6.92 Å². The number of amides is 1. The number of carbonyl (C=O) groups excluding carboxylic acids is 1. The number of hydrogen-bond donors (Lipinski definition) is 1. The van der Waals surface area contributed by atoms with Crippen LogP contribution in [0.1, 0.15) is 11.1 Å². The molecule has 0 fully saturated rings. The zero-order valence-electron chi connectivity index (χ0n) is 15.2. The number of thiophene rings is 1. The quantitative estimate of drug-likeness (QED) is 0.493. The molecule has 0 bridgehead atoms. The van der Waals surface area contributed by atoms with Crippen LogP contribution in [0.3, 0.4) is 0 Å². The maximum Gasteiger partial charge on any atom is 0.248 e. The van der Waals surface area contributed by atoms with Gasteiger partial charge in [-0.1, -0.05) is 24.3 Å². The monoisotopic (exact) mass is 386 g/mol. The summed E-state index contributed by atoms with van der Waals surface area (Å²) >= 11 is 1.62. The van der Waals surface area contributed by atoms with Crippen molar-refractivity contribution in [3.8, 4) is 16.3 Å². The van der Waals surface area contributed by atoms with Gasteiger partial charge in [-0.15, -0.1) is 11.3 Å². The Balaban J connectivity index is 1.63. The molecule has 4 rings (SSSR count). The number of aromatic nitrogens is 3. The van der Waals surface area contributed by atoms with Gasteiger partial charge in [0, 0.05) is 24.0 Å². The summed E-state index contributed by atoms with van der Waals surface area (Å²) in [5, 5.41) is 9.61. The molecule has 0 saturated heterocycles. The molecular formula is C22H18N4OS. The van der Waals surface area contributed by atoms with Gasteiger partial charge in [0.1, 0.15) is 5.69 Å². The molecule has 28 heavy (non-hydrogen) atoms. The smallest absolute Gasteiger partial charge is 0.248 e. The first kappa shape index (κ1) is 17.9. The summed E-state index contributed by atoms with van der Waals surface area (Å²) in [5.74, 6) is -0.208. The van der Waals surface area contributed by atoms with Crippen molar-refractivity contribution < 1.29 is 4.79 Å². The predicted molar refractivity (Wildman–Crippen MR) is 114 cm³/mol. The summed E-state index contributed by atoms with van der Waals surface area (Å²) in [6.45, 7) is 1.93. The van der Waals surface area contributed by atoms with E-state index in [9.17, 15) is 4.79 Å². The van der Waals surface area contributed by atoms with Crippen LogP contribution in [0.4, 0.5) is 5.69 Å². The van der Waals surface area contributed by atoms with Crippen LogP contribution in [-0.2, 0) is 4.79 Å². The van der Waals surface area contributed by atoms with Crippen molar-refractivity contribution in [3.63, 3.8) is 0 Å². The van der Waals surface area contributed by atoms with Crippen LogP contribution in [-0.4, -0.2) is 20.7 Å². The zero-order chi connectivity index (χ0) is 19.3. The van der Waals surface area contributed by atoms with Crippen LogP contribution in [0.2, 0.25) is 0 Å². The molecular weight excluding hydrogens is 368 g/mol. The van der Waals surface area contributed by atoms with Crippen LogP contribution in [0.15, 0.2) is 78.6 Å². The second-order valence-corrected chi connectivity index (χ2v) is 7.15. The number of para-hydroxylation sites is 1. The number of hydrogen-bond acceptors (Lipinski definition) is 4. The fraction of sp³-hybridized carbons (Fsp3) is 0.0455. The van der Waals surface area contributed by atoms with Gasteiger partial charge in [-0.2, -0.15) is 5.10 Å². The van der Waals surface area contributed by atoms with Gasteiger partial charge < -0.3 is 5.32 Å². The molecule has 0 radical (unpaired) electrons. The van der Waals surface area contributed by atoms with E-state index in [2.05, 4.69) is 10.3 Å². The maximum absolute atomic E-state index is 12.4. The third kappa shape index (κ3) is 3.92. The molecule has 0 spiro atoms. The topological polar surface area (TPSA) is 59.8 Å². The fourth-order valence-corrected chi connectivity index (χ4v) is 3.49. The number of rotatable bonds is 5. The first-order chi connectivity index (χ1) is 13.7. The Morgan fingerprint density at radius 2 is 2.00 bits per heavy atom. The number of nitrogens with one attached hydrogen (secondary N) is 1. The van der Waals surface area contributed by atoms with E-state index in [1.54, 1.807) is 29.8 Å². The van der Waals surface area contributed by atoms with Crippen molar-refractivity contribution >= 4 is 29.0 Å². The average molecular weight is 386 g/mol. The Kier molecular flexibility index (Phi) is 5.12. The molecule has 4 aromatic rings. The molecule has 5 nitrogen and oxygen atoms in total. The van der Waals surface area contributed by atoms with E-state index < -0.39 is 0 Å². The van der Waals surface area contributed by atoms with E-state index in [1.165, 1.54) is 6.08 Å². The molecule has 0 atom stereocenters. The van der Waals surface area contributed by atoms with Gasteiger partial charge in [0.25, 0.3) is 0 Å². The second kappa shape index (κ2) is 8.02. The van der Waals surface area contributed by atoms with Gasteiger partial charge in [0.2, 0.25) is 5.91 Å². The summed E-state index contributed by atoms with van der Waals surface area (Å²) in [7, 11) is 0. The molecule has 1 aromatic carbocycles. The fourth-order valence-electron chi connectivity index (χ4n) is 2.76. The summed E-state index contributed by atoms with van der Waals surface area (Å²) in [6.07, 6.45) is 8.60. The number of aryl methyl sites for hydroxylation is 1. The summed E-state index contributed by atoms with van der Waals surface area (Å²) in [5.41, 5.74) is 4.36. The maximum atomic E-state index is 12.4. The molecule has 1 N–H and O–H groups in total. The Morgan fingerprint density at radius 3 is 2.75 bits per heavy atom. The van der Waals surface area contributed by atoms with Crippen molar-refractivity contribution in [1.29, 1.82) is 0 Å². The SMILES string of the molecule is Cc1ccncc1NC(=O)C=Cc1cn(-c2ccccc2)nc1-c1cccs1. The van der Waals surface area contributed by atoms with E-state index in [0.29, 0.717) is 5.69 Å². The highest BCUT2D eigenvalue weighted by atomic mass is 32.1. The van der Waals surface area contributed by atoms with Gasteiger partial charge in [-0.05, 0) is 48.2 Å². The van der Waals surface area contributed by atoms with Gasteiger partial charge in [-0.25, -0.2) is 4.68 Å². The minimum Gasteiger partial charge on any atom is -0.321 e. The largest absolute Gasteiger partial charge is 0.321 e. The lowest BCUT2D eigenvalue weighted by Gasteiger charge is -2.04. The van der Waals surface area contributed by atoms with Gasteiger partial charge in [0.15, 0.2) is 0 Å². The van der Waals surface area contributed by atoms with E-state index in [4.69, 9.17) is 5.10 Å². The summed E-state index contributed by atoms with van der Waals surface area (Å²) < 4.78 is 1.83. The molecule has 0 aliphatic heterocycles. The number of anilines is 1. The van der Waals surface area contributed by atoms with Gasteiger partial charge in [-0.3, -0.25) is 9.78 Å². The highest BCUT2D eigenvalue weighted by Crippen LogP contribution is 2.28. The lowest BCUT2D eigenvalue weighted by molar-refractivity contribution is -0.111. The van der Waals surface area contributed by atoms with Gasteiger partial charge >= 0.3 is 0 Å². The lowest BCUT2D eigenvalue weighted by atomic mass is 10.2. The van der Waals surface area contributed by atoms with E-state index in [0.717, 1.165) is 27.4 Å². The molecule has 0 aliphatic carbocycles. The number of benzene rings is 1. The minimum absolute atomic E-state index is 0.208. The molecule has 138 valence electrons. The Bertz CT molecular complexity index is 1110. The first-order valence-corrected chi connectivity index (χ1v) is 9.67. The van der Waals surface area contributed by atoms with Crippen LogP contribution in [0, 0.1) is 6.92 Å². The summed E-state index contributed by atoms with van der Waals surface area (Å²) in [6, 6.07) is 15.8. The highest BCUT2D eigenvalue weighted by molar-refractivity contribution is 7.13. The molecule has 3 heterocycles. The predicted octanol–water partition coefficient (Wildman–Crippen LogP) is 4.96. The molecule has 6 heteroatoms. The first-order valence-electron chi connectivity index (χ1n) is 8.79. The van der Waals surface area contributed by atoms with Crippen molar-refractivity contribution in [3.05, 3.63) is 89.7 Å². The zero-order valence-corrected chi connectivity index (χ0v) is 16.1. The van der Waals surface area contributed by atoms with Crippen molar-refractivity contribution in [2.75, 3.05) is 5.32 Å². The second-order valence-electron chi connectivity index (χ2n) is 6.20. The van der Waals surface area contributed by atoms with Gasteiger partial charge in [0.05, 0.1) is 22.4 Å². The molecule has 3 aromatic heterocycles. The number of nitrogens with zero attached hydrogens (tertiary/aromatic N) is 3. The summed E-state index contributed by atoms with van der Waals surface area (Å²) in [4.78, 5) is 17.5. The van der Waals surface area contributed by atoms with E-state index in [1.807, 2.05) is 71.7 Å². The number of carbonyl (C=O) groups is 1. The van der Waals surface area contributed by atoms with Crippen LogP contribution < -0.4 is 5.32 Å². The molecule has 0 unspecified atom stereocenters. The average Bonchev–Trinajstić information content (AvgIpc) is 3.38. The normalized spacial score (nSPS) is 11.0. The van der Waals surface area contributed by atoms with Crippen LogP contribution >= 0.6 is 11.3 Å². The molecule has 0 saturated carbocycles. The Hall–Kier alpha value is -3.51. The minimum atomic E-state index is -0.208. The highest BCUT2D eigenvalue weighted by Gasteiger charge is 2.12. The van der Waals surface area contributed by atoms with Crippen molar-refractivity contribution in [1.82, 2.24) is 14.8 Å². The third-order valence-electron chi connectivity index (χ3n) is 4.23. The molecule has 0 aliphatic rings. The number of pyridine rings is 1. The molecule has 1 amide bonds.